The molecule has 2 nitrogen and oxygen atoms in total. The lowest BCUT2D eigenvalue weighted by Gasteiger charge is -2.00. The van der Waals surface area contributed by atoms with E-state index >= 15 is 0 Å². The fourth-order valence-electron chi connectivity index (χ4n) is 1.60. The average molecular weight is 199 g/mol. The van der Waals surface area contributed by atoms with E-state index in [2.05, 4.69) is 12.1 Å². The largest absolute Gasteiger partial charge is 0.411 e. The predicted molar refractivity (Wildman–Crippen MR) is 62.1 cm³/mol. The Labute approximate surface area is 88.4 Å². The van der Waals surface area contributed by atoms with Crippen molar-refractivity contribution in [2.45, 2.75) is 71.1 Å². The van der Waals surface area contributed by atoms with Crippen molar-refractivity contribution in [2.24, 2.45) is 5.16 Å². The fourth-order valence-corrected chi connectivity index (χ4v) is 1.60. The Morgan fingerprint density at radius 2 is 1.36 bits per heavy atom. The third-order valence-corrected chi connectivity index (χ3v) is 2.52. The lowest BCUT2D eigenvalue weighted by Crippen LogP contribution is -1.82. The lowest BCUT2D eigenvalue weighted by atomic mass is 10.1. The Bertz CT molecular complexity index is 123. The van der Waals surface area contributed by atoms with Crippen LogP contribution in [0.25, 0.3) is 0 Å². The van der Waals surface area contributed by atoms with Crippen molar-refractivity contribution < 1.29 is 5.21 Å². The topological polar surface area (TPSA) is 32.6 Å². The van der Waals surface area contributed by atoms with Crippen molar-refractivity contribution >= 4 is 6.21 Å². The van der Waals surface area contributed by atoms with Gasteiger partial charge in [0, 0.05) is 6.21 Å². The van der Waals surface area contributed by atoms with Gasteiger partial charge < -0.3 is 5.21 Å². The zero-order valence-corrected chi connectivity index (χ0v) is 9.54. The Hall–Kier alpha value is -0.530. The zero-order valence-electron chi connectivity index (χ0n) is 9.54. The number of oxime groups is 1. The van der Waals surface area contributed by atoms with E-state index < -0.39 is 0 Å². The average Bonchev–Trinajstić information content (AvgIpc) is 2.21. The van der Waals surface area contributed by atoms with Gasteiger partial charge in [0.05, 0.1) is 0 Å². The molecule has 1 N–H and O–H groups in total. The summed E-state index contributed by atoms with van der Waals surface area (Å²) >= 11 is 0. The lowest BCUT2D eigenvalue weighted by molar-refractivity contribution is 0.320. The predicted octanol–water partition coefficient (Wildman–Crippen LogP) is 4.37. The van der Waals surface area contributed by atoms with Crippen molar-refractivity contribution in [1.82, 2.24) is 0 Å². The molecule has 2 heteroatoms. The van der Waals surface area contributed by atoms with Crippen molar-refractivity contribution in [3.8, 4) is 0 Å². The number of hydrogen-bond donors (Lipinski definition) is 1. The molecule has 0 radical (unpaired) electrons. The van der Waals surface area contributed by atoms with E-state index in [1.165, 1.54) is 57.8 Å². The van der Waals surface area contributed by atoms with Gasteiger partial charge in [-0.05, 0) is 12.8 Å². The number of rotatable bonds is 10. The summed E-state index contributed by atoms with van der Waals surface area (Å²) in [6.45, 7) is 2.25. The van der Waals surface area contributed by atoms with Gasteiger partial charge in [-0.15, -0.1) is 5.16 Å². The highest BCUT2D eigenvalue weighted by Gasteiger charge is 1.91. The van der Waals surface area contributed by atoms with Crippen LogP contribution in [-0.4, -0.2) is 11.4 Å². The van der Waals surface area contributed by atoms with Gasteiger partial charge in [0.2, 0.25) is 0 Å². The molecule has 0 aliphatic rings. The first-order chi connectivity index (χ1) is 6.91. The minimum absolute atomic E-state index is 0.923. The van der Waals surface area contributed by atoms with E-state index in [0.29, 0.717) is 0 Å². The van der Waals surface area contributed by atoms with Crippen LogP contribution in [0.15, 0.2) is 5.16 Å². The second-order valence-electron chi connectivity index (χ2n) is 3.92. The van der Waals surface area contributed by atoms with Gasteiger partial charge in [-0.2, -0.15) is 0 Å². The number of hydrogen-bond acceptors (Lipinski definition) is 2. The van der Waals surface area contributed by atoms with Crippen LogP contribution in [0.3, 0.4) is 0 Å². The molecule has 0 atom stereocenters. The summed E-state index contributed by atoms with van der Waals surface area (Å²) < 4.78 is 0. The molecule has 0 heterocycles. The van der Waals surface area contributed by atoms with Crippen LogP contribution < -0.4 is 0 Å². The Morgan fingerprint density at radius 3 is 1.86 bits per heavy atom. The van der Waals surface area contributed by atoms with E-state index in [1.54, 1.807) is 6.21 Å². The standard InChI is InChI=1S/C12H25NO/c1-2-3-4-5-6-7-8-9-10-11-12-13-14/h12,14H,2-11H2,1H3/b13-12+. The summed E-state index contributed by atoms with van der Waals surface area (Å²) in [5.74, 6) is 0. The first-order valence-corrected chi connectivity index (χ1v) is 6.07. The van der Waals surface area contributed by atoms with Crippen molar-refractivity contribution in [3.05, 3.63) is 0 Å². The smallest absolute Gasteiger partial charge is 0.0435 e. The maximum atomic E-state index is 8.16. The second kappa shape index (κ2) is 12.5. The normalized spacial score (nSPS) is 11.2. The van der Waals surface area contributed by atoms with E-state index in [1.807, 2.05) is 0 Å². The second-order valence-corrected chi connectivity index (χ2v) is 3.92. The van der Waals surface area contributed by atoms with E-state index in [-0.39, 0.29) is 0 Å². The number of nitrogens with zero attached hydrogens (tertiary/aromatic N) is 1. The van der Waals surface area contributed by atoms with Gasteiger partial charge in [0.25, 0.3) is 0 Å². The van der Waals surface area contributed by atoms with E-state index in [9.17, 15) is 0 Å². The summed E-state index contributed by atoms with van der Waals surface area (Å²) in [6, 6.07) is 0. The van der Waals surface area contributed by atoms with Crippen LogP contribution in [0, 0.1) is 0 Å². The molecule has 0 saturated carbocycles. The van der Waals surface area contributed by atoms with Crippen molar-refractivity contribution in [2.75, 3.05) is 0 Å². The Morgan fingerprint density at radius 1 is 0.857 bits per heavy atom. The van der Waals surface area contributed by atoms with Crippen molar-refractivity contribution in [3.63, 3.8) is 0 Å². The molecule has 0 aromatic heterocycles. The molecule has 0 aliphatic carbocycles. The molecule has 0 unspecified atom stereocenters. The highest BCUT2D eigenvalue weighted by molar-refractivity contribution is 5.55. The fraction of sp³-hybridized carbons (Fsp3) is 0.917. The van der Waals surface area contributed by atoms with Gasteiger partial charge in [0.15, 0.2) is 0 Å². The summed E-state index contributed by atoms with van der Waals surface area (Å²) in [6.07, 6.45) is 14.6. The maximum absolute atomic E-state index is 8.16. The van der Waals surface area contributed by atoms with Crippen LogP contribution in [0.5, 0.6) is 0 Å². The van der Waals surface area contributed by atoms with Crippen LogP contribution in [0.2, 0.25) is 0 Å². The molecular weight excluding hydrogens is 174 g/mol. The van der Waals surface area contributed by atoms with E-state index in [0.717, 1.165) is 6.42 Å². The minimum Gasteiger partial charge on any atom is -0.411 e. The highest BCUT2D eigenvalue weighted by Crippen LogP contribution is 2.09. The molecule has 84 valence electrons. The van der Waals surface area contributed by atoms with Gasteiger partial charge in [-0.25, -0.2) is 0 Å². The zero-order chi connectivity index (χ0) is 10.5. The molecule has 0 aliphatic heterocycles. The quantitative estimate of drug-likeness (QED) is 0.241. The van der Waals surface area contributed by atoms with Crippen LogP contribution in [0.1, 0.15) is 71.1 Å². The van der Waals surface area contributed by atoms with Gasteiger partial charge in [-0.1, -0.05) is 58.3 Å². The molecule has 0 amide bonds. The maximum Gasteiger partial charge on any atom is 0.0435 e. The third kappa shape index (κ3) is 11.5. The van der Waals surface area contributed by atoms with Crippen LogP contribution >= 0.6 is 0 Å². The molecule has 0 fully saturated rings. The molecule has 0 aromatic rings. The van der Waals surface area contributed by atoms with Crippen LogP contribution in [-0.2, 0) is 0 Å². The third-order valence-electron chi connectivity index (χ3n) is 2.52. The van der Waals surface area contributed by atoms with Crippen molar-refractivity contribution in [1.29, 1.82) is 0 Å². The molecule has 0 aromatic carbocycles. The van der Waals surface area contributed by atoms with Crippen LogP contribution in [0.4, 0.5) is 0 Å². The molecule has 0 bridgehead atoms. The monoisotopic (exact) mass is 199 g/mol. The molecule has 0 saturated heterocycles. The first kappa shape index (κ1) is 13.5. The molecule has 0 rings (SSSR count). The Kier molecular flexibility index (Phi) is 12.0. The van der Waals surface area contributed by atoms with Gasteiger partial charge >= 0.3 is 0 Å². The van der Waals surface area contributed by atoms with Gasteiger partial charge in [0.1, 0.15) is 0 Å². The first-order valence-electron chi connectivity index (χ1n) is 6.07. The SMILES string of the molecule is CCCCCCCCCCC/C=N/O. The number of unbranched alkanes of at least 4 members (excludes halogenated alkanes) is 9. The Balaban J connectivity index is 2.85. The molecular formula is C12H25NO. The van der Waals surface area contributed by atoms with E-state index in [4.69, 9.17) is 5.21 Å². The molecule has 0 spiro atoms. The summed E-state index contributed by atoms with van der Waals surface area (Å²) in [5, 5.41) is 11.1. The molecule has 14 heavy (non-hydrogen) atoms. The van der Waals surface area contributed by atoms with Gasteiger partial charge in [-0.3, -0.25) is 0 Å². The summed E-state index contributed by atoms with van der Waals surface area (Å²) in [7, 11) is 0. The summed E-state index contributed by atoms with van der Waals surface area (Å²) in [4.78, 5) is 0. The minimum atomic E-state index is 0.923. The summed E-state index contributed by atoms with van der Waals surface area (Å²) in [5.41, 5.74) is 0. The highest BCUT2D eigenvalue weighted by atomic mass is 16.4.